The Morgan fingerprint density at radius 2 is 1.85 bits per heavy atom. The van der Waals surface area contributed by atoms with Crippen molar-refractivity contribution >= 4 is 51.9 Å². The summed E-state index contributed by atoms with van der Waals surface area (Å²) in [6, 6.07) is 7.79. The molecule has 1 fully saturated rings. The fourth-order valence-corrected chi connectivity index (χ4v) is 4.09. The zero-order chi connectivity index (χ0) is 24.3. The Morgan fingerprint density at radius 1 is 1.18 bits per heavy atom. The number of hydrogen-bond acceptors (Lipinski definition) is 6. The van der Waals surface area contributed by atoms with Crippen molar-refractivity contribution < 1.29 is 14.8 Å². The van der Waals surface area contributed by atoms with Crippen LogP contribution < -0.4 is 15.5 Å². The molecule has 2 aromatic rings. The highest BCUT2D eigenvalue weighted by molar-refractivity contribution is 7.80. The zero-order valence-corrected chi connectivity index (χ0v) is 20.3. The lowest BCUT2D eigenvalue weighted by Gasteiger charge is -2.28. The number of nitrogens with one attached hydrogen (secondary N) is 2. The van der Waals surface area contributed by atoms with Gasteiger partial charge in [0, 0.05) is 24.7 Å². The summed E-state index contributed by atoms with van der Waals surface area (Å²) in [7, 11) is 0. The standard InChI is InChI=1S/C23H27ClN4O4S/c1-23(2,3)15-12-16(24)20(29)17(13-15)25-22(33)26-21(30)14-7-8-18(19(11-14)28(31)32)27-9-5-4-6-10-27/h7-8,11-13,29H,4-6,9-10H2,1-3H3,(H2,25,26,30,33). The van der Waals surface area contributed by atoms with Gasteiger partial charge in [-0.2, -0.15) is 0 Å². The minimum absolute atomic E-state index is 0.0693. The highest BCUT2D eigenvalue weighted by Crippen LogP contribution is 2.37. The van der Waals surface area contributed by atoms with Crippen molar-refractivity contribution in [1.82, 2.24) is 5.32 Å². The predicted molar refractivity (Wildman–Crippen MR) is 135 cm³/mol. The summed E-state index contributed by atoms with van der Waals surface area (Å²) in [5.74, 6) is -0.791. The van der Waals surface area contributed by atoms with E-state index in [0.717, 1.165) is 37.9 Å². The summed E-state index contributed by atoms with van der Waals surface area (Å²) in [5, 5.41) is 27.3. The van der Waals surface area contributed by atoms with Crippen molar-refractivity contribution in [2.45, 2.75) is 45.4 Å². The first-order valence-corrected chi connectivity index (χ1v) is 11.4. The number of benzene rings is 2. The van der Waals surface area contributed by atoms with Gasteiger partial charge in [0.05, 0.1) is 15.6 Å². The molecule has 0 bridgehead atoms. The lowest BCUT2D eigenvalue weighted by molar-refractivity contribution is -0.384. The minimum Gasteiger partial charge on any atom is -0.504 e. The normalized spacial score (nSPS) is 14.0. The molecule has 0 atom stereocenters. The molecular weight excluding hydrogens is 464 g/mol. The maximum Gasteiger partial charge on any atom is 0.293 e. The first-order chi connectivity index (χ1) is 15.5. The van der Waals surface area contributed by atoms with Gasteiger partial charge in [-0.05, 0) is 66.7 Å². The predicted octanol–water partition coefficient (Wildman–Crippen LogP) is 5.37. The van der Waals surface area contributed by atoms with E-state index in [-0.39, 0.29) is 38.2 Å². The molecule has 0 saturated carbocycles. The zero-order valence-electron chi connectivity index (χ0n) is 18.8. The van der Waals surface area contributed by atoms with Crippen LogP contribution in [0.1, 0.15) is 56.0 Å². The number of thiocarbonyl (C=S) groups is 1. The quantitative estimate of drug-likeness (QED) is 0.229. The topological polar surface area (TPSA) is 108 Å². The molecule has 1 saturated heterocycles. The van der Waals surface area contributed by atoms with E-state index >= 15 is 0 Å². The van der Waals surface area contributed by atoms with E-state index in [9.17, 15) is 20.0 Å². The number of aromatic hydroxyl groups is 1. The molecule has 2 aromatic carbocycles. The number of hydrogen-bond donors (Lipinski definition) is 3. The monoisotopic (exact) mass is 490 g/mol. The fourth-order valence-electron chi connectivity index (χ4n) is 3.67. The second kappa shape index (κ2) is 9.93. The number of halogens is 1. The van der Waals surface area contributed by atoms with E-state index < -0.39 is 10.8 Å². The molecule has 33 heavy (non-hydrogen) atoms. The number of phenols is 1. The molecule has 10 heteroatoms. The molecule has 3 rings (SSSR count). The number of carbonyl (C=O) groups excluding carboxylic acids is 1. The Balaban J connectivity index is 1.77. The van der Waals surface area contributed by atoms with Gasteiger partial charge in [0.25, 0.3) is 11.6 Å². The molecule has 0 spiro atoms. The van der Waals surface area contributed by atoms with E-state index in [0.29, 0.717) is 5.69 Å². The average Bonchev–Trinajstić information content (AvgIpc) is 2.76. The number of phenolic OH excluding ortho intramolecular Hbond substituents is 1. The SMILES string of the molecule is CC(C)(C)c1cc(Cl)c(O)c(NC(=S)NC(=O)c2ccc(N3CCCCC3)c([N+](=O)[O-])c2)c1. The maximum atomic E-state index is 12.7. The van der Waals surface area contributed by atoms with Crippen LogP contribution in [0.15, 0.2) is 30.3 Å². The lowest BCUT2D eigenvalue weighted by Crippen LogP contribution is -2.34. The van der Waals surface area contributed by atoms with Crippen LogP contribution in [-0.2, 0) is 5.41 Å². The van der Waals surface area contributed by atoms with Crippen molar-refractivity contribution in [2.24, 2.45) is 0 Å². The molecule has 0 radical (unpaired) electrons. The van der Waals surface area contributed by atoms with E-state index in [2.05, 4.69) is 10.6 Å². The van der Waals surface area contributed by atoms with Gasteiger partial charge in [-0.1, -0.05) is 32.4 Å². The van der Waals surface area contributed by atoms with Crippen LogP contribution in [-0.4, -0.2) is 34.1 Å². The molecule has 1 aliphatic rings. The average molecular weight is 491 g/mol. The summed E-state index contributed by atoms with van der Waals surface area (Å²) in [6.07, 6.45) is 3.06. The molecule has 1 amide bonds. The van der Waals surface area contributed by atoms with Gasteiger partial charge in [0.15, 0.2) is 10.9 Å². The molecule has 1 aliphatic heterocycles. The highest BCUT2D eigenvalue weighted by atomic mass is 35.5. The number of piperidine rings is 1. The fraction of sp³-hybridized carbons (Fsp3) is 0.391. The third-order valence-electron chi connectivity index (χ3n) is 5.54. The van der Waals surface area contributed by atoms with Crippen molar-refractivity contribution in [1.29, 1.82) is 0 Å². The third-order valence-corrected chi connectivity index (χ3v) is 6.03. The Labute approximate surface area is 203 Å². The number of nitro benzene ring substituents is 1. The number of carbonyl (C=O) groups is 1. The Morgan fingerprint density at radius 3 is 2.45 bits per heavy atom. The Kier molecular flexibility index (Phi) is 7.44. The summed E-state index contributed by atoms with van der Waals surface area (Å²) < 4.78 is 0. The van der Waals surface area contributed by atoms with Crippen molar-refractivity contribution in [3.05, 3.63) is 56.6 Å². The van der Waals surface area contributed by atoms with Gasteiger partial charge in [-0.3, -0.25) is 20.2 Å². The van der Waals surface area contributed by atoms with Crippen LogP contribution in [0.25, 0.3) is 0 Å². The van der Waals surface area contributed by atoms with Gasteiger partial charge in [-0.25, -0.2) is 0 Å². The van der Waals surface area contributed by atoms with E-state index in [1.165, 1.54) is 6.07 Å². The van der Waals surface area contributed by atoms with Crippen molar-refractivity contribution in [3.63, 3.8) is 0 Å². The van der Waals surface area contributed by atoms with Crippen LogP contribution >= 0.6 is 23.8 Å². The van der Waals surface area contributed by atoms with Crippen LogP contribution in [0.4, 0.5) is 17.1 Å². The Bertz CT molecular complexity index is 1090. The summed E-state index contributed by atoms with van der Waals surface area (Å²) in [4.78, 5) is 25.9. The maximum absolute atomic E-state index is 12.7. The first kappa shape index (κ1) is 24.7. The van der Waals surface area contributed by atoms with E-state index in [1.54, 1.807) is 24.3 Å². The van der Waals surface area contributed by atoms with E-state index in [4.69, 9.17) is 23.8 Å². The molecule has 176 valence electrons. The third kappa shape index (κ3) is 5.91. The smallest absolute Gasteiger partial charge is 0.293 e. The number of nitro groups is 1. The number of rotatable bonds is 4. The molecule has 0 unspecified atom stereocenters. The van der Waals surface area contributed by atoms with Crippen LogP contribution in [0.5, 0.6) is 5.75 Å². The van der Waals surface area contributed by atoms with Gasteiger partial charge < -0.3 is 15.3 Å². The first-order valence-electron chi connectivity index (χ1n) is 10.7. The molecular formula is C23H27ClN4O4S. The Hall–Kier alpha value is -2.91. The van der Waals surface area contributed by atoms with E-state index in [1.807, 2.05) is 25.7 Å². The second-order valence-corrected chi connectivity index (χ2v) is 9.84. The largest absolute Gasteiger partial charge is 0.504 e. The van der Waals surface area contributed by atoms with Crippen LogP contribution in [0.2, 0.25) is 5.02 Å². The van der Waals surface area contributed by atoms with Crippen molar-refractivity contribution in [3.8, 4) is 5.75 Å². The van der Waals surface area contributed by atoms with Gasteiger partial charge in [0.1, 0.15) is 5.69 Å². The van der Waals surface area contributed by atoms with Gasteiger partial charge >= 0.3 is 0 Å². The molecule has 3 N–H and O–H groups in total. The summed E-state index contributed by atoms with van der Waals surface area (Å²) in [5.41, 5.74) is 1.39. The lowest BCUT2D eigenvalue weighted by atomic mass is 9.87. The molecule has 0 aromatic heterocycles. The summed E-state index contributed by atoms with van der Waals surface area (Å²) >= 11 is 11.4. The van der Waals surface area contributed by atoms with Crippen LogP contribution in [0.3, 0.4) is 0 Å². The summed E-state index contributed by atoms with van der Waals surface area (Å²) in [6.45, 7) is 7.50. The molecule has 1 heterocycles. The number of nitrogens with zero attached hydrogens (tertiary/aromatic N) is 2. The van der Waals surface area contributed by atoms with Crippen LogP contribution in [0, 0.1) is 10.1 Å². The van der Waals surface area contributed by atoms with Gasteiger partial charge in [0.2, 0.25) is 0 Å². The van der Waals surface area contributed by atoms with Crippen molar-refractivity contribution in [2.75, 3.05) is 23.3 Å². The second-order valence-electron chi connectivity index (χ2n) is 9.02. The number of anilines is 2. The molecule has 0 aliphatic carbocycles. The number of amides is 1. The highest BCUT2D eigenvalue weighted by Gasteiger charge is 2.24. The minimum atomic E-state index is -0.599. The molecule has 8 nitrogen and oxygen atoms in total. The van der Waals surface area contributed by atoms with Gasteiger partial charge in [-0.15, -0.1) is 0 Å².